The first-order chi connectivity index (χ1) is 19.4. The molecular weight excluding hydrogens is 522 g/mol. The molecule has 2 aromatic heterocycles. The van der Waals surface area contributed by atoms with Crippen LogP contribution in [0.15, 0.2) is 83.7 Å². The molecule has 5 aromatic rings. The molecule has 0 aliphatic carbocycles. The van der Waals surface area contributed by atoms with Crippen LogP contribution >= 0.6 is 11.6 Å². The molecule has 8 heteroatoms. The molecule has 0 saturated heterocycles. The first-order valence-corrected chi connectivity index (χ1v) is 13.9. The van der Waals surface area contributed by atoms with Crippen LogP contribution in [-0.4, -0.2) is 38.4 Å². The number of carbonyl (C=O) groups excluding carboxylic acids is 1. The lowest BCUT2D eigenvalue weighted by molar-refractivity contribution is 0.0655. The minimum Gasteiger partial charge on any atom is -0.330 e. The Labute approximate surface area is 238 Å². The van der Waals surface area contributed by atoms with Crippen molar-refractivity contribution in [3.63, 3.8) is 0 Å². The van der Waals surface area contributed by atoms with E-state index in [-0.39, 0.29) is 11.5 Å². The second-order valence-corrected chi connectivity index (χ2v) is 10.4. The van der Waals surface area contributed by atoms with Gasteiger partial charge < -0.3 is 10.6 Å². The van der Waals surface area contributed by atoms with Gasteiger partial charge in [-0.1, -0.05) is 72.6 Å². The van der Waals surface area contributed by atoms with Gasteiger partial charge in [0.15, 0.2) is 5.65 Å². The number of nitrogens with zero attached hydrogens (tertiary/aromatic N) is 4. The molecule has 2 heterocycles. The molecule has 1 amide bonds. The first-order valence-electron chi connectivity index (χ1n) is 13.5. The Bertz CT molecular complexity index is 1720. The van der Waals surface area contributed by atoms with Crippen molar-refractivity contribution in [1.82, 2.24) is 19.4 Å². The topological polar surface area (TPSA) is 94.1 Å². The standard InChI is InChI=1S/C32H32ClN5O2/c1-3-28(37(17-7-16-34)31(39)23-12-10-21(2)11-13-23)30-36-29-26(18-24-14-15-25(33)19-27(24)35-29)32(40)38(30)20-22-8-5-4-6-9-22/h4-6,8-15,18-19,28H,3,7,16-17,20,34H2,1-2H3. The van der Waals surface area contributed by atoms with E-state index in [1.54, 1.807) is 21.6 Å². The number of halogens is 1. The van der Waals surface area contributed by atoms with Gasteiger partial charge in [0.1, 0.15) is 5.82 Å². The normalized spacial score (nSPS) is 12.1. The van der Waals surface area contributed by atoms with Crippen LogP contribution in [0.25, 0.3) is 21.9 Å². The number of benzene rings is 3. The highest BCUT2D eigenvalue weighted by atomic mass is 35.5. The van der Waals surface area contributed by atoms with Crippen molar-refractivity contribution in [2.45, 2.75) is 39.3 Å². The summed E-state index contributed by atoms with van der Waals surface area (Å²) < 4.78 is 1.69. The zero-order valence-corrected chi connectivity index (χ0v) is 23.4. The molecule has 0 saturated carbocycles. The van der Waals surface area contributed by atoms with E-state index in [0.717, 1.165) is 16.5 Å². The lowest BCUT2D eigenvalue weighted by Gasteiger charge is -2.32. The fraction of sp³-hybridized carbons (Fsp3) is 0.250. The monoisotopic (exact) mass is 553 g/mol. The molecule has 1 unspecified atom stereocenters. The van der Waals surface area contributed by atoms with Crippen LogP contribution in [0, 0.1) is 6.92 Å². The number of aromatic nitrogens is 3. The van der Waals surface area contributed by atoms with Crippen molar-refractivity contribution in [3.8, 4) is 0 Å². The van der Waals surface area contributed by atoms with Gasteiger partial charge in [0.05, 0.1) is 23.5 Å². The molecule has 0 fully saturated rings. The Hall–Kier alpha value is -4.07. The Morgan fingerprint density at radius 2 is 1.77 bits per heavy atom. The third-order valence-corrected chi connectivity index (χ3v) is 7.37. The summed E-state index contributed by atoms with van der Waals surface area (Å²) in [6, 6.07) is 24.0. The van der Waals surface area contributed by atoms with Crippen LogP contribution in [0.5, 0.6) is 0 Å². The number of hydrogen-bond acceptors (Lipinski definition) is 5. The Morgan fingerprint density at radius 3 is 2.48 bits per heavy atom. The molecule has 0 radical (unpaired) electrons. The molecule has 0 bridgehead atoms. The van der Waals surface area contributed by atoms with E-state index >= 15 is 0 Å². The van der Waals surface area contributed by atoms with Crippen molar-refractivity contribution in [2.75, 3.05) is 13.1 Å². The van der Waals surface area contributed by atoms with Crippen molar-refractivity contribution in [1.29, 1.82) is 0 Å². The van der Waals surface area contributed by atoms with E-state index in [0.29, 0.717) is 65.4 Å². The van der Waals surface area contributed by atoms with Crippen molar-refractivity contribution >= 4 is 39.4 Å². The predicted octanol–water partition coefficient (Wildman–Crippen LogP) is 5.90. The molecule has 5 rings (SSSR count). The van der Waals surface area contributed by atoms with Crippen molar-refractivity contribution in [2.24, 2.45) is 5.73 Å². The maximum Gasteiger partial charge on any atom is 0.263 e. The number of hydrogen-bond donors (Lipinski definition) is 1. The minimum absolute atomic E-state index is 0.126. The highest BCUT2D eigenvalue weighted by Crippen LogP contribution is 2.28. The van der Waals surface area contributed by atoms with Gasteiger partial charge in [-0.05, 0) is 62.2 Å². The molecule has 0 spiro atoms. The van der Waals surface area contributed by atoms with Gasteiger partial charge in [0.25, 0.3) is 11.5 Å². The summed E-state index contributed by atoms with van der Waals surface area (Å²) in [6.45, 7) is 5.17. The van der Waals surface area contributed by atoms with Gasteiger partial charge in [-0.15, -0.1) is 0 Å². The van der Waals surface area contributed by atoms with Crippen LogP contribution in [0.4, 0.5) is 0 Å². The zero-order valence-electron chi connectivity index (χ0n) is 22.7. The lowest BCUT2D eigenvalue weighted by Crippen LogP contribution is -2.40. The fourth-order valence-electron chi connectivity index (χ4n) is 5.03. The Morgan fingerprint density at radius 1 is 1.02 bits per heavy atom. The van der Waals surface area contributed by atoms with Gasteiger partial charge in [0.2, 0.25) is 0 Å². The maximum absolute atomic E-state index is 14.1. The molecule has 40 heavy (non-hydrogen) atoms. The summed E-state index contributed by atoms with van der Waals surface area (Å²) in [5.41, 5.74) is 9.28. The zero-order chi connectivity index (χ0) is 28.2. The number of fused-ring (bicyclic) bond motifs is 2. The van der Waals surface area contributed by atoms with Crippen LogP contribution in [-0.2, 0) is 6.54 Å². The highest BCUT2D eigenvalue weighted by molar-refractivity contribution is 6.31. The molecule has 1 atom stereocenters. The van der Waals surface area contributed by atoms with Crippen molar-refractivity contribution < 1.29 is 4.79 Å². The van der Waals surface area contributed by atoms with E-state index in [4.69, 9.17) is 27.3 Å². The smallest absolute Gasteiger partial charge is 0.263 e. The molecular formula is C32H32ClN5O2. The summed E-state index contributed by atoms with van der Waals surface area (Å²) in [5, 5.41) is 1.78. The van der Waals surface area contributed by atoms with Gasteiger partial charge >= 0.3 is 0 Å². The summed E-state index contributed by atoms with van der Waals surface area (Å²) in [5.74, 6) is 0.370. The average Bonchev–Trinajstić information content (AvgIpc) is 2.96. The maximum atomic E-state index is 14.1. The quantitative estimate of drug-likeness (QED) is 0.229. The van der Waals surface area contributed by atoms with Gasteiger partial charge in [-0.25, -0.2) is 9.97 Å². The van der Waals surface area contributed by atoms with Crippen LogP contribution in [0.2, 0.25) is 5.02 Å². The average molecular weight is 554 g/mol. The van der Waals surface area contributed by atoms with Gasteiger partial charge in [-0.2, -0.15) is 0 Å². The molecule has 0 aliphatic rings. The summed E-state index contributed by atoms with van der Waals surface area (Å²) in [7, 11) is 0. The SMILES string of the molecule is CCC(c1nc2nc3cc(Cl)ccc3cc2c(=O)n1Cc1ccccc1)N(CCCN)C(=O)c1ccc(C)cc1. The van der Waals surface area contributed by atoms with Crippen LogP contribution in [0.3, 0.4) is 0 Å². The van der Waals surface area contributed by atoms with E-state index < -0.39 is 6.04 Å². The van der Waals surface area contributed by atoms with Crippen LogP contribution in [0.1, 0.15) is 53.1 Å². The largest absolute Gasteiger partial charge is 0.330 e. The number of nitrogens with two attached hydrogens (primary N) is 1. The molecule has 2 N–H and O–H groups in total. The minimum atomic E-state index is -0.474. The molecule has 0 aliphatic heterocycles. The van der Waals surface area contributed by atoms with E-state index in [2.05, 4.69) is 0 Å². The molecule has 3 aromatic carbocycles. The molecule has 7 nitrogen and oxygen atoms in total. The summed E-state index contributed by atoms with van der Waals surface area (Å²) in [6.07, 6.45) is 1.17. The lowest BCUT2D eigenvalue weighted by atomic mass is 10.1. The summed E-state index contributed by atoms with van der Waals surface area (Å²) >= 11 is 6.23. The number of pyridine rings is 1. The van der Waals surface area contributed by atoms with E-state index in [1.807, 2.05) is 80.6 Å². The number of carbonyl (C=O) groups is 1. The first kappa shape index (κ1) is 27.5. The number of amides is 1. The highest BCUT2D eigenvalue weighted by Gasteiger charge is 2.29. The second-order valence-electron chi connectivity index (χ2n) is 9.97. The second kappa shape index (κ2) is 12.0. The van der Waals surface area contributed by atoms with E-state index in [9.17, 15) is 9.59 Å². The van der Waals surface area contributed by atoms with Gasteiger partial charge in [-0.3, -0.25) is 14.2 Å². The Balaban J connectivity index is 1.72. The predicted molar refractivity (Wildman–Crippen MR) is 161 cm³/mol. The number of rotatable bonds is 9. The third kappa shape index (κ3) is 5.62. The van der Waals surface area contributed by atoms with Gasteiger partial charge in [0, 0.05) is 22.5 Å². The third-order valence-electron chi connectivity index (χ3n) is 7.14. The fourth-order valence-corrected chi connectivity index (χ4v) is 5.20. The van der Waals surface area contributed by atoms with Crippen molar-refractivity contribution in [3.05, 3.63) is 117 Å². The number of aryl methyl sites for hydroxylation is 1. The van der Waals surface area contributed by atoms with Crippen LogP contribution < -0.4 is 11.3 Å². The molecule has 204 valence electrons. The van der Waals surface area contributed by atoms with E-state index in [1.165, 1.54) is 0 Å². The summed E-state index contributed by atoms with van der Waals surface area (Å²) in [4.78, 5) is 39.5. The Kier molecular flexibility index (Phi) is 8.24.